The van der Waals surface area contributed by atoms with Gasteiger partial charge in [0.15, 0.2) is 5.43 Å². The largest absolute Gasteiger partial charge is 1.00 e. The molecule has 6 nitrogen and oxygen atoms in total. The second-order valence-electron chi connectivity index (χ2n) is 8.83. The number of fused-ring (bicyclic) bond motifs is 2. The van der Waals surface area contributed by atoms with Gasteiger partial charge in [-0.15, -0.1) is 11.8 Å². The molecule has 0 aliphatic heterocycles. The summed E-state index contributed by atoms with van der Waals surface area (Å²) in [5, 5.41) is 12.9. The Labute approximate surface area is 217 Å². The van der Waals surface area contributed by atoms with Crippen molar-refractivity contribution in [2.75, 3.05) is 18.2 Å². The van der Waals surface area contributed by atoms with Crippen molar-refractivity contribution < 1.29 is 39.5 Å². The molecular weight excluding hydrogens is 457 g/mol. The van der Waals surface area contributed by atoms with Crippen molar-refractivity contribution in [2.45, 2.75) is 49.6 Å². The predicted octanol–water partition coefficient (Wildman–Crippen LogP) is 0.448. The van der Waals surface area contributed by atoms with E-state index >= 15 is 0 Å². The van der Waals surface area contributed by atoms with Gasteiger partial charge in [0.1, 0.15) is 11.5 Å². The van der Waals surface area contributed by atoms with Crippen LogP contribution >= 0.6 is 23.4 Å². The fourth-order valence-corrected chi connectivity index (χ4v) is 6.29. The number of carboxylic acids is 1. The number of nitrogens with zero attached hydrogens (tertiary/aromatic N) is 3. The Bertz CT molecular complexity index is 1280. The molecule has 2 fully saturated rings. The van der Waals surface area contributed by atoms with Crippen molar-refractivity contribution in [3.63, 3.8) is 0 Å². The maximum absolute atomic E-state index is 13.2. The van der Waals surface area contributed by atoms with Crippen molar-refractivity contribution in [3.05, 3.63) is 39.5 Å². The van der Waals surface area contributed by atoms with E-state index in [1.54, 1.807) is 22.8 Å². The number of carboxylic acid groups (broad SMARTS) is 1. The van der Waals surface area contributed by atoms with Crippen molar-refractivity contribution in [1.29, 1.82) is 0 Å². The number of rotatable bonds is 5. The molecule has 3 aromatic rings. The van der Waals surface area contributed by atoms with E-state index in [4.69, 9.17) is 16.6 Å². The summed E-state index contributed by atoms with van der Waals surface area (Å²) in [7, 11) is 2.02. The van der Waals surface area contributed by atoms with Crippen LogP contribution in [-0.2, 0) is 11.3 Å². The molecule has 5 rings (SSSR count). The average Bonchev–Trinajstić information content (AvgIpc) is 2.68. The van der Waals surface area contributed by atoms with Gasteiger partial charge in [0.05, 0.1) is 33.3 Å². The Morgan fingerprint density at radius 2 is 1.97 bits per heavy atom. The van der Waals surface area contributed by atoms with Crippen LogP contribution in [0.15, 0.2) is 34.0 Å². The van der Waals surface area contributed by atoms with E-state index in [1.807, 2.05) is 19.4 Å². The first-order valence-electron chi connectivity index (χ1n) is 10.5. The summed E-state index contributed by atoms with van der Waals surface area (Å²) in [5.41, 5.74) is 1.20. The van der Waals surface area contributed by atoms with E-state index < -0.39 is 12.5 Å². The van der Waals surface area contributed by atoms with Gasteiger partial charge in [0.25, 0.3) is 0 Å². The van der Waals surface area contributed by atoms with E-state index in [1.165, 1.54) is 43.9 Å². The first-order chi connectivity index (χ1) is 14.8. The maximum Gasteiger partial charge on any atom is 1.00 e. The van der Waals surface area contributed by atoms with E-state index in [0.29, 0.717) is 43.3 Å². The van der Waals surface area contributed by atoms with Gasteiger partial charge < -0.3 is 19.4 Å². The Kier molecular flexibility index (Phi) is 6.60. The second kappa shape index (κ2) is 8.84. The minimum Gasteiger partial charge on any atom is -0.548 e. The van der Waals surface area contributed by atoms with E-state index in [-0.39, 0.29) is 35.0 Å². The van der Waals surface area contributed by atoms with Gasteiger partial charge in [-0.1, -0.05) is 18.0 Å². The minimum atomic E-state index is -1.25. The number of aliphatic carboxylic acids is 1. The van der Waals surface area contributed by atoms with Crippen LogP contribution in [0.1, 0.15) is 32.1 Å². The first kappa shape index (κ1) is 23.9. The number of hydrogen-bond acceptors (Lipinski definition) is 6. The maximum atomic E-state index is 13.2. The molecule has 1 spiro atoms. The summed E-state index contributed by atoms with van der Waals surface area (Å²) in [6.45, 7) is -0.409. The van der Waals surface area contributed by atoms with Gasteiger partial charge in [-0.25, -0.2) is 4.98 Å². The Morgan fingerprint density at radius 3 is 2.56 bits per heavy atom. The molecule has 2 heterocycles. The number of carbonyl (C=O) groups excluding carboxylic acids is 1. The molecule has 1 aromatic carbocycles. The Hall–Kier alpha value is -1.25. The molecule has 0 radical (unpaired) electrons. The Morgan fingerprint density at radius 1 is 1.28 bits per heavy atom. The van der Waals surface area contributed by atoms with Crippen LogP contribution in [0.25, 0.3) is 21.9 Å². The fraction of sp³-hybridized carbons (Fsp3) is 0.435. The molecule has 0 unspecified atom stereocenters. The van der Waals surface area contributed by atoms with Gasteiger partial charge in [-0.3, -0.25) is 4.79 Å². The number of halogens is 1. The van der Waals surface area contributed by atoms with Crippen molar-refractivity contribution in [2.24, 2.45) is 5.41 Å². The number of pyridine rings is 2. The van der Waals surface area contributed by atoms with Crippen molar-refractivity contribution in [3.8, 4) is 0 Å². The number of hydrogen-bond donors (Lipinski definition) is 0. The minimum absolute atomic E-state index is 0. The van der Waals surface area contributed by atoms with E-state index in [9.17, 15) is 14.7 Å². The van der Waals surface area contributed by atoms with Crippen molar-refractivity contribution in [1.82, 2.24) is 9.55 Å². The topological polar surface area (TPSA) is 78.3 Å². The summed E-state index contributed by atoms with van der Waals surface area (Å²) in [5.74, 6) is -0.505. The predicted molar refractivity (Wildman–Crippen MR) is 123 cm³/mol. The third-order valence-corrected chi connectivity index (χ3v) is 8.36. The zero-order valence-electron chi connectivity index (χ0n) is 18.5. The molecule has 2 saturated carbocycles. The smallest absolute Gasteiger partial charge is 0.548 e. The molecule has 2 aromatic heterocycles. The van der Waals surface area contributed by atoms with Crippen LogP contribution < -0.4 is 45.0 Å². The van der Waals surface area contributed by atoms with Crippen LogP contribution in [0, 0.1) is 5.41 Å². The monoisotopic (exact) mass is 479 g/mol. The standard InChI is InChI=1S/C23H24ClN3O3S.Na/c1-26(13-10-23(11-13)8-3-9-23)17-7-5-15-20(30)14-4-6-16(24)21(31-2)19(14)27(12-18(28)29)22(15)25-17;/h4-7,13H,3,8-12H2,1-2H3,(H,28,29);/q;+1/p-1. The SMILES string of the molecule is CSc1c(Cl)ccc2c(=O)c3ccc(N(C)C4CC5(CCC5)C4)nc3n(CC(=O)[O-])c12.[Na+]. The van der Waals surface area contributed by atoms with Crippen molar-refractivity contribution >= 4 is 57.1 Å². The van der Waals surface area contributed by atoms with Crippen LogP contribution in [0.4, 0.5) is 5.82 Å². The van der Waals surface area contributed by atoms with Crippen LogP contribution in [0.5, 0.6) is 0 Å². The van der Waals surface area contributed by atoms with Gasteiger partial charge >= 0.3 is 29.6 Å². The van der Waals surface area contributed by atoms with Gasteiger partial charge in [-0.2, -0.15) is 0 Å². The van der Waals surface area contributed by atoms with Crippen LogP contribution in [0.3, 0.4) is 0 Å². The molecule has 0 bridgehead atoms. The molecule has 2 aliphatic rings. The van der Waals surface area contributed by atoms with Gasteiger partial charge in [0.2, 0.25) is 0 Å². The van der Waals surface area contributed by atoms with Gasteiger partial charge in [-0.05, 0) is 61.6 Å². The number of benzene rings is 1. The zero-order chi connectivity index (χ0) is 21.9. The number of thioether (sulfide) groups is 1. The molecule has 32 heavy (non-hydrogen) atoms. The van der Waals surface area contributed by atoms with Gasteiger partial charge in [0, 0.05) is 18.5 Å². The third kappa shape index (κ3) is 3.76. The molecule has 0 atom stereocenters. The molecule has 0 saturated heterocycles. The second-order valence-corrected chi connectivity index (χ2v) is 10.1. The number of carbonyl (C=O) groups is 1. The fourth-order valence-electron chi connectivity index (χ4n) is 5.23. The molecule has 0 amide bonds. The van der Waals surface area contributed by atoms with Crippen LogP contribution in [-0.4, -0.2) is 34.9 Å². The Balaban J connectivity index is 0.00000245. The summed E-state index contributed by atoms with van der Waals surface area (Å²) in [6, 6.07) is 7.36. The summed E-state index contributed by atoms with van der Waals surface area (Å²) >= 11 is 7.76. The molecule has 162 valence electrons. The summed E-state index contributed by atoms with van der Waals surface area (Å²) in [4.78, 5) is 32.5. The first-order valence-corrected chi connectivity index (χ1v) is 12.1. The zero-order valence-corrected chi connectivity index (χ0v) is 22.1. The summed E-state index contributed by atoms with van der Waals surface area (Å²) in [6.07, 6.45) is 8.14. The van der Waals surface area contributed by atoms with E-state index in [0.717, 1.165) is 5.82 Å². The molecule has 2 aliphatic carbocycles. The van der Waals surface area contributed by atoms with Crippen LogP contribution in [0.2, 0.25) is 5.02 Å². The number of anilines is 1. The summed E-state index contributed by atoms with van der Waals surface area (Å²) < 4.78 is 1.56. The molecule has 0 N–H and O–H groups in total. The third-order valence-electron chi connectivity index (χ3n) is 7.11. The van der Waals surface area contributed by atoms with E-state index in [2.05, 4.69) is 4.90 Å². The average molecular weight is 480 g/mol. The normalized spacial score (nSPS) is 17.1. The quantitative estimate of drug-likeness (QED) is 0.300. The molecule has 9 heteroatoms. The number of aromatic nitrogens is 2. The molecular formula is C23H23ClN3NaO3S.